The van der Waals surface area contributed by atoms with Crippen molar-refractivity contribution in [3.05, 3.63) is 34.3 Å². The smallest absolute Gasteiger partial charge is 0.124 e. The molecule has 1 nitrogen and oxygen atoms in total. The zero-order valence-electron chi connectivity index (χ0n) is 9.86. The van der Waals surface area contributed by atoms with Gasteiger partial charge in [0.25, 0.3) is 0 Å². The lowest BCUT2D eigenvalue weighted by Gasteiger charge is -2.24. The predicted molar refractivity (Wildman–Crippen MR) is 71.9 cm³/mol. The zero-order chi connectivity index (χ0) is 11.9. The maximum Gasteiger partial charge on any atom is 0.124 e. The maximum atomic E-state index is 11.2. The highest BCUT2D eigenvalue weighted by Gasteiger charge is 2.59. The molecule has 90 valence electrons. The Hall–Kier alpha value is -0.630. The van der Waals surface area contributed by atoms with Gasteiger partial charge in [-0.3, -0.25) is 0 Å². The minimum absolute atomic E-state index is 0.193. The molecule has 2 atom stereocenters. The monoisotopic (exact) mass is 292 g/mol. The van der Waals surface area contributed by atoms with Crippen LogP contribution in [0.15, 0.2) is 28.7 Å². The van der Waals surface area contributed by atoms with Gasteiger partial charge in [-0.25, -0.2) is 0 Å². The van der Waals surface area contributed by atoms with Crippen molar-refractivity contribution < 1.29 is 4.79 Å². The Labute approximate surface area is 111 Å². The molecule has 0 spiro atoms. The third-order valence-corrected chi connectivity index (χ3v) is 5.22. The Morgan fingerprint density at radius 2 is 1.82 bits per heavy atom. The van der Waals surface area contributed by atoms with Gasteiger partial charge >= 0.3 is 0 Å². The molecule has 1 aromatic carbocycles. The van der Waals surface area contributed by atoms with E-state index in [0.717, 1.165) is 16.8 Å². The van der Waals surface area contributed by atoms with Crippen LogP contribution in [0.25, 0.3) is 0 Å². The molecule has 0 aromatic heterocycles. The van der Waals surface area contributed by atoms with Gasteiger partial charge < -0.3 is 4.79 Å². The molecule has 2 saturated carbocycles. The molecule has 0 heterocycles. The van der Waals surface area contributed by atoms with Crippen LogP contribution in [-0.2, 0) is 10.2 Å². The Bertz CT molecular complexity index is 419. The van der Waals surface area contributed by atoms with Gasteiger partial charge in [-0.1, -0.05) is 40.9 Å². The summed E-state index contributed by atoms with van der Waals surface area (Å²) in [6.45, 7) is 0. The van der Waals surface area contributed by atoms with Crippen LogP contribution in [-0.4, -0.2) is 6.29 Å². The van der Waals surface area contributed by atoms with E-state index in [4.69, 9.17) is 0 Å². The van der Waals surface area contributed by atoms with Crippen molar-refractivity contribution in [3.63, 3.8) is 0 Å². The van der Waals surface area contributed by atoms with Crippen molar-refractivity contribution in [2.45, 2.75) is 37.5 Å². The van der Waals surface area contributed by atoms with Crippen LogP contribution in [0.1, 0.15) is 37.7 Å². The molecule has 0 N–H and O–H groups in total. The summed E-state index contributed by atoms with van der Waals surface area (Å²) >= 11 is 3.48. The summed E-state index contributed by atoms with van der Waals surface area (Å²) in [6, 6.07) is 8.61. The first-order valence-corrected chi connectivity index (χ1v) is 7.28. The van der Waals surface area contributed by atoms with Crippen LogP contribution in [0, 0.1) is 11.8 Å². The molecule has 2 unspecified atom stereocenters. The number of aldehydes is 1. The van der Waals surface area contributed by atoms with Crippen molar-refractivity contribution >= 4 is 22.2 Å². The van der Waals surface area contributed by atoms with E-state index in [1.807, 2.05) is 0 Å². The molecule has 2 aliphatic rings. The van der Waals surface area contributed by atoms with Crippen LogP contribution >= 0.6 is 15.9 Å². The highest BCUT2D eigenvalue weighted by Crippen LogP contribution is 2.62. The standard InChI is InChI=1S/C15H17BrO/c16-14-7-5-12(6-8-14)15(9-13(15)10-17)11-3-1-2-4-11/h5-8,10-11,13H,1-4,9H2. The quantitative estimate of drug-likeness (QED) is 0.767. The Morgan fingerprint density at radius 1 is 1.18 bits per heavy atom. The molecular formula is C15H17BrO. The number of halogens is 1. The highest BCUT2D eigenvalue weighted by molar-refractivity contribution is 9.10. The summed E-state index contributed by atoms with van der Waals surface area (Å²) in [4.78, 5) is 11.2. The second-order valence-electron chi connectivity index (χ2n) is 5.48. The molecule has 2 heteroatoms. The van der Waals surface area contributed by atoms with Gasteiger partial charge in [0.05, 0.1) is 0 Å². The lowest BCUT2D eigenvalue weighted by Crippen LogP contribution is -2.21. The lowest BCUT2D eigenvalue weighted by molar-refractivity contribution is -0.109. The molecule has 0 radical (unpaired) electrons. The molecular weight excluding hydrogens is 276 g/mol. The van der Waals surface area contributed by atoms with Crippen molar-refractivity contribution in [1.82, 2.24) is 0 Å². The molecule has 2 fully saturated rings. The molecule has 0 amide bonds. The van der Waals surface area contributed by atoms with Crippen molar-refractivity contribution in [2.75, 3.05) is 0 Å². The molecule has 0 bridgehead atoms. The third-order valence-electron chi connectivity index (χ3n) is 4.69. The highest BCUT2D eigenvalue weighted by atomic mass is 79.9. The van der Waals surface area contributed by atoms with Gasteiger partial charge in [0, 0.05) is 15.8 Å². The Morgan fingerprint density at radius 3 is 2.35 bits per heavy atom. The van der Waals surface area contributed by atoms with Crippen LogP contribution in [0.4, 0.5) is 0 Å². The van der Waals surface area contributed by atoms with Crippen LogP contribution in [0.3, 0.4) is 0 Å². The first-order valence-electron chi connectivity index (χ1n) is 6.49. The zero-order valence-corrected chi connectivity index (χ0v) is 11.4. The van der Waals surface area contributed by atoms with Gasteiger partial charge in [0.1, 0.15) is 6.29 Å². The van der Waals surface area contributed by atoms with E-state index < -0.39 is 0 Å². The van der Waals surface area contributed by atoms with E-state index in [1.54, 1.807) is 0 Å². The fourth-order valence-corrected chi connectivity index (χ4v) is 3.98. The third kappa shape index (κ3) is 1.77. The SMILES string of the molecule is O=CC1CC1(c1ccc(Br)cc1)C1CCCC1. The first kappa shape index (κ1) is 11.5. The maximum absolute atomic E-state index is 11.2. The summed E-state index contributed by atoms with van der Waals surface area (Å²) in [5.74, 6) is 1.01. The average molecular weight is 293 g/mol. The molecule has 2 aliphatic carbocycles. The number of hydrogen-bond donors (Lipinski definition) is 0. The van der Waals surface area contributed by atoms with E-state index >= 15 is 0 Å². The fraction of sp³-hybridized carbons (Fsp3) is 0.533. The minimum Gasteiger partial charge on any atom is -0.303 e. The molecule has 17 heavy (non-hydrogen) atoms. The topological polar surface area (TPSA) is 17.1 Å². The normalized spacial score (nSPS) is 32.6. The summed E-state index contributed by atoms with van der Waals surface area (Å²) in [5, 5.41) is 0. The minimum atomic E-state index is 0.193. The number of carbonyl (C=O) groups excluding carboxylic acids is 1. The number of hydrogen-bond acceptors (Lipinski definition) is 1. The van der Waals surface area contributed by atoms with Gasteiger partial charge in [-0.05, 0) is 42.9 Å². The van der Waals surface area contributed by atoms with E-state index in [9.17, 15) is 4.79 Å². The Kier molecular flexibility index (Phi) is 2.86. The van der Waals surface area contributed by atoms with Crippen LogP contribution in [0.2, 0.25) is 0 Å². The second-order valence-corrected chi connectivity index (χ2v) is 6.39. The number of benzene rings is 1. The summed E-state index contributed by atoms with van der Waals surface area (Å²) in [6.07, 6.45) is 7.55. The van der Waals surface area contributed by atoms with Gasteiger partial charge in [0.15, 0.2) is 0 Å². The van der Waals surface area contributed by atoms with Gasteiger partial charge in [-0.15, -0.1) is 0 Å². The van der Waals surface area contributed by atoms with Crippen LogP contribution < -0.4 is 0 Å². The first-order chi connectivity index (χ1) is 8.27. The van der Waals surface area contributed by atoms with Crippen molar-refractivity contribution in [3.8, 4) is 0 Å². The number of rotatable bonds is 3. The van der Waals surface area contributed by atoms with E-state index in [1.165, 1.54) is 37.5 Å². The average Bonchev–Trinajstić information content (AvgIpc) is 2.84. The predicted octanol–water partition coefficient (Wildman–Crippen LogP) is 4.10. The second kappa shape index (κ2) is 4.24. The van der Waals surface area contributed by atoms with Crippen LogP contribution in [0.5, 0.6) is 0 Å². The molecule has 1 aromatic rings. The van der Waals surface area contributed by atoms with E-state index in [2.05, 4.69) is 40.2 Å². The summed E-state index contributed by atoms with van der Waals surface area (Å²) < 4.78 is 1.12. The fourth-order valence-electron chi connectivity index (χ4n) is 3.71. The van der Waals surface area contributed by atoms with Gasteiger partial charge in [-0.2, -0.15) is 0 Å². The summed E-state index contributed by atoms with van der Waals surface area (Å²) in [5.41, 5.74) is 1.57. The van der Waals surface area contributed by atoms with E-state index in [0.29, 0.717) is 0 Å². The van der Waals surface area contributed by atoms with Crippen molar-refractivity contribution in [1.29, 1.82) is 0 Å². The molecule has 3 rings (SSSR count). The lowest BCUT2D eigenvalue weighted by atomic mass is 9.80. The molecule has 0 saturated heterocycles. The summed E-state index contributed by atoms with van der Waals surface area (Å²) in [7, 11) is 0. The van der Waals surface area contributed by atoms with E-state index in [-0.39, 0.29) is 11.3 Å². The number of carbonyl (C=O) groups is 1. The Balaban J connectivity index is 1.95. The largest absolute Gasteiger partial charge is 0.303 e. The van der Waals surface area contributed by atoms with Gasteiger partial charge in [0.2, 0.25) is 0 Å². The van der Waals surface area contributed by atoms with Crippen molar-refractivity contribution in [2.24, 2.45) is 11.8 Å². The molecule has 0 aliphatic heterocycles.